The number of amides is 1. The van der Waals surface area contributed by atoms with Gasteiger partial charge in [-0.1, -0.05) is 18.5 Å². The molecule has 1 aromatic rings. The molecule has 0 fully saturated rings. The predicted octanol–water partition coefficient (Wildman–Crippen LogP) is 1.45. The van der Waals surface area contributed by atoms with Crippen molar-refractivity contribution in [1.82, 2.24) is 10.5 Å². The summed E-state index contributed by atoms with van der Waals surface area (Å²) in [4.78, 5) is 22.4. The van der Waals surface area contributed by atoms with Gasteiger partial charge in [-0.15, -0.1) is 0 Å². The maximum Gasteiger partial charge on any atom is 0.303 e. The highest BCUT2D eigenvalue weighted by atomic mass is 16.5. The van der Waals surface area contributed by atoms with Crippen LogP contribution in [-0.2, 0) is 16.0 Å². The Kier molecular flexibility index (Phi) is 5.54. The molecule has 1 rings (SSSR count). The Morgan fingerprint density at radius 3 is 2.58 bits per heavy atom. The van der Waals surface area contributed by atoms with Gasteiger partial charge in [0.1, 0.15) is 5.76 Å². The van der Waals surface area contributed by atoms with Gasteiger partial charge in [0, 0.05) is 18.5 Å². The minimum Gasteiger partial charge on any atom is -0.481 e. The summed E-state index contributed by atoms with van der Waals surface area (Å²) in [6.07, 6.45) is 1.00. The van der Waals surface area contributed by atoms with E-state index >= 15 is 0 Å². The second-order valence-corrected chi connectivity index (χ2v) is 4.66. The molecule has 1 amide bonds. The largest absolute Gasteiger partial charge is 0.481 e. The van der Waals surface area contributed by atoms with Gasteiger partial charge in [0.05, 0.1) is 12.1 Å². The summed E-state index contributed by atoms with van der Waals surface area (Å²) in [5.41, 5.74) is 1.51. The molecule has 1 atom stereocenters. The van der Waals surface area contributed by atoms with Crippen molar-refractivity contribution >= 4 is 11.9 Å². The van der Waals surface area contributed by atoms with E-state index in [1.165, 1.54) is 0 Å². The lowest BCUT2D eigenvalue weighted by Crippen LogP contribution is -2.31. The Morgan fingerprint density at radius 2 is 2.11 bits per heavy atom. The predicted molar refractivity (Wildman–Crippen MR) is 68.7 cm³/mol. The topological polar surface area (TPSA) is 92.4 Å². The highest BCUT2D eigenvalue weighted by Crippen LogP contribution is 2.13. The summed E-state index contributed by atoms with van der Waals surface area (Å²) in [6.45, 7) is 5.85. The van der Waals surface area contributed by atoms with Gasteiger partial charge in [-0.3, -0.25) is 9.59 Å². The van der Waals surface area contributed by atoms with Crippen molar-refractivity contribution in [2.24, 2.45) is 5.92 Å². The number of nitrogens with zero attached hydrogens (tertiary/aromatic N) is 1. The van der Waals surface area contributed by atoms with E-state index in [-0.39, 0.29) is 24.7 Å². The van der Waals surface area contributed by atoms with Gasteiger partial charge >= 0.3 is 5.97 Å². The Morgan fingerprint density at radius 1 is 1.42 bits per heavy atom. The fourth-order valence-electron chi connectivity index (χ4n) is 1.84. The minimum atomic E-state index is -0.841. The maximum absolute atomic E-state index is 11.8. The van der Waals surface area contributed by atoms with Crippen LogP contribution in [-0.4, -0.2) is 28.7 Å². The van der Waals surface area contributed by atoms with E-state index in [0.717, 1.165) is 12.0 Å². The van der Waals surface area contributed by atoms with E-state index in [2.05, 4.69) is 10.5 Å². The van der Waals surface area contributed by atoms with Crippen LogP contribution in [0, 0.1) is 19.8 Å². The number of carboxylic acids is 1. The van der Waals surface area contributed by atoms with Crippen LogP contribution in [0.3, 0.4) is 0 Å². The van der Waals surface area contributed by atoms with Crippen LogP contribution in [0.5, 0.6) is 0 Å². The first-order valence-corrected chi connectivity index (χ1v) is 6.34. The molecule has 0 aliphatic rings. The fraction of sp³-hybridized carbons (Fsp3) is 0.615. The van der Waals surface area contributed by atoms with Crippen molar-refractivity contribution in [3.63, 3.8) is 0 Å². The molecule has 0 saturated heterocycles. The summed E-state index contributed by atoms with van der Waals surface area (Å²) < 4.78 is 4.99. The molecule has 0 aromatic carbocycles. The average Bonchev–Trinajstić information content (AvgIpc) is 2.65. The van der Waals surface area contributed by atoms with Crippen LogP contribution in [0.25, 0.3) is 0 Å². The van der Waals surface area contributed by atoms with Crippen molar-refractivity contribution in [3.05, 3.63) is 17.0 Å². The van der Waals surface area contributed by atoms with E-state index < -0.39 is 5.97 Å². The summed E-state index contributed by atoms with van der Waals surface area (Å²) in [5, 5.41) is 15.3. The van der Waals surface area contributed by atoms with Gasteiger partial charge in [0.15, 0.2) is 0 Å². The normalized spacial score (nSPS) is 12.2. The van der Waals surface area contributed by atoms with Crippen LogP contribution in [0.2, 0.25) is 0 Å². The zero-order chi connectivity index (χ0) is 14.4. The number of nitrogens with one attached hydrogen (secondary N) is 1. The third kappa shape index (κ3) is 4.73. The average molecular weight is 268 g/mol. The van der Waals surface area contributed by atoms with Crippen molar-refractivity contribution < 1.29 is 19.2 Å². The van der Waals surface area contributed by atoms with Crippen LogP contribution < -0.4 is 5.32 Å². The second kappa shape index (κ2) is 6.92. The smallest absolute Gasteiger partial charge is 0.303 e. The number of carboxylic acid groups (broad SMARTS) is 1. The first-order valence-electron chi connectivity index (χ1n) is 6.34. The molecular formula is C13H20N2O4. The van der Waals surface area contributed by atoms with Crippen LogP contribution in [0.1, 0.15) is 36.8 Å². The first-order chi connectivity index (χ1) is 8.93. The van der Waals surface area contributed by atoms with Crippen LogP contribution >= 0.6 is 0 Å². The molecule has 1 unspecified atom stereocenters. The molecule has 6 heteroatoms. The molecule has 0 aliphatic carbocycles. The van der Waals surface area contributed by atoms with Gasteiger partial charge in [-0.2, -0.15) is 0 Å². The molecule has 0 spiro atoms. The minimum absolute atomic E-state index is 0.0360. The number of aryl methyl sites for hydroxylation is 2. The number of aromatic nitrogens is 1. The lowest BCUT2D eigenvalue weighted by atomic mass is 10.0. The molecule has 6 nitrogen and oxygen atoms in total. The number of rotatable bonds is 7. The van der Waals surface area contributed by atoms with Gasteiger partial charge in [-0.05, 0) is 19.8 Å². The van der Waals surface area contributed by atoms with E-state index in [9.17, 15) is 9.59 Å². The highest BCUT2D eigenvalue weighted by Gasteiger charge is 2.15. The Labute approximate surface area is 112 Å². The molecule has 0 aliphatic heterocycles. The summed E-state index contributed by atoms with van der Waals surface area (Å²) in [7, 11) is 0. The quantitative estimate of drug-likeness (QED) is 0.780. The Bertz CT molecular complexity index is 434. The fourth-order valence-corrected chi connectivity index (χ4v) is 1.84. The molecule has 0 radical (unpaired) electrons. The molecule has 1 heterocycles. The number of hydrogen-bond acceptors (Lipinski definition) is 4. The zero-order valence-corrected chi connectivity index (χ0v) is 11.5. The molecular weight excluding hydrogens is 248 g/mol. The third-order valence-electron chi connectivity index (χ3n) is 3.15. The number of aliphatic carboxylic acids is 1. The van der Waals surface area contributed by atoms with Crippen molar-refractivity contribution in [2.45, 2.75) is 40.0 Å². The van der Waals surface area contributed by atoms with Gasteiger partial charge < -0.3 is 14.9 Å². The monoisotopic (exact) mass is 268 g/mol. The Balaban J connectivity index is 2.45. The van der Waals surface area contributed by atoms with E-state index in [0.29, 0.717) is 18.0 Å². The molecule has 106 valence electrons. The Hall–Kier alpha value is -1.85. The van der Waals surface area contributed by atoms with E-state index in [1.807, 2.05) is 6.92 Å². The molecule has 1 aromatic heterocycles. The zero-order valence-electron chi connectivity index (χ0n) is 11.5. The molecule has 19 heavy (non-hydrogen) atoms. The van der Waals surface area contributed by atoms with Crippen LogP contribution in [0.15, 0.2) is 4.52 Å². The van der Waals surface area contributed by atoms with Crippen molar-refractivity contribution in [2.75, 3.05) is 6.54 Å². The summed E-state index contributed by atoms with van der Waals surface area (Å²) in [5.74, 6) is -0.374. The lowest BCUT2D eigenvalue weighted by Gasteiger charge is -2.13. The van der Waals surface area contributed by atoms with E-state index in [1.54, 1.807) is 13.8 Å². The first kappa shape index (κ1) is 15.2. The van der Waals surface area contributed by atoms with Crippen molar-refractivity contribution in [3.8, 4) is 0 Å². The highest BCUT2D eigenvalue weighted by molar-refractivity contribution is 5.79. The molecule has 2 N–H and O–H groups in total. The number of carbonyl (C=O) groups is 2. The number of carbonyl (C=O) groups excluding carboxylic acids is 1. The summed E-state index contributed by atoms with van der Waals surface area (Å²) >= 11 is 0. The lowest BCUT2D eigenvalue weighted by molar-refractivity contribution is -0.138. The van der Waals surface area contributed by atoms with Gasteiger partial charge in [-0.25, -0.2) is 0 Å². The summed E-state index contributed by atoms with van der Waals surface area (Å²) in [6, 6.07) is 0. The second-order valence-electron chi connectivity index (χ2n) is 4.66. The molecule has 0 saturated carbocycles. The molecule has 0 bridgehead atoms. The van der Waals surface area contributed by atoms with E-state index in [4.69, 9.17) is 9.63 Å². The van der Waals surface area contributed by atoms with Gasteiger partial charge in [0.25, 0.3) is 0 Å². The van der Waals surface area contributed by atoms with Crippen molar-refractivity contribution in [1.29, 1.82) is 0 Å². The maximum atomic E-state index is 11.8. The third-order valence-corrected chi connectivity index (χ3v) is 3.15. The standard InChI is InChI=1S/C13H20N2O4/c1-4-10(5-13(17)18)7-14-12(16)6-11-8(2)15-19-9(11)3/h10H,4-7H2,1-3H3,(H,14,16)(H,17,18). The SMILES string of the molecule is CCC(CNC(=O)Cc1c(C)noc1C)CC(=O)O. The van der Waals surface area contributed by atoms with Gasteiger partial charge in [0.2, 0.25) is 5.91 Å². The van der Waals surface area contributed by atoms with Crippen LogP contribution in [0.4, 0.5) is 0 Å². The number of hydrogen-bond donors (Lipinski definition) is 2.